The summed E-state index contributed by atoms with van der Waals surface area (Å²) in [7, 11) is 3.44. The first-order valence-corrected chi connectivity index (χ1v) is 9.20. The van der Waals surface area contributed by atoms with Crippen molar-refractivity contribution < 1.29 is 9.53 Å². The van der Waals surface area contributed by atoms with E-state index in [-0.39, 0.29) is 0 Å². The Kier molecular flexibility index (Phi) is 8.27. The Morgan fingerprint density at radius 3 is 2.45 bits per heavy atom. The highest BCUT2D eigenvalue weighted by atomic mass is 35.5. The number of carbonyl (C=O) groups is 1. The molecule has 29 heavy (non-hydrogen) atoms. The summed E-state index contributed by atoms with van der Waals surface area (Å²) in [5.74, 6) is 1.11. The van der Waals surface area contributed by atoms with Crippen LogP contribution >= 0.6 is 11.6 Å². The van der Waals surface area contributed by atoms with Crippen molar-refractivity contribution in [2.45, 2.75) is 0 Å². The molecule has 8 heteroatoms. The molecule has 3 rings (SSSR count). The second kappa shape index (κ2) is 10.9. The Bertz CT molecular complexity index is 935. The first-order chi connectivity index (χ1) is 14.0. The van der Waals surface area contributed by atoms with Crippen LogP contribution < -0.4 is 26.4 Å². The number of aldehydes is 1. The van der Waals surface area contributed by atoms with Crippen molar-refractivity contribution in [1.82, 2.24) is 4.98 Å². The van der Waals surface area contributed by atoms with Crippen LogP contribution in [0.2, 0.25) is 5.02 Å². The summed E-state index contributed by atoms with van der Waals surface area (Å²) in [5.41, 5.74) is 13.4. The first kappa shape index (κ1) is 22.0. The molecule has 0 radical (unpaired) electrons. The molecule has 7 nitrogen and oxygen atoms in total. The van der Waals surface area contributed by atoms with E-state index in [0.29, 0.717) is 40.9 Å². The number of rotatable bonds is 7. The number of ether oxygens (including phenoxy) is 1. The van der Waals surface area contributed by atoms with Crippen LogP contribution in [0.5, 0.6) is 11.5 Å². The van der Waals surface area contributed by atoms with Crippen molar-refractivity contribution in [2.24, 2.45) is 5.73 Å². The molecular formula is C21H24ClN5O2. The van der Waals surface area contributed by atoms with Crippen LogP contribution in [-0.4, -0.2) is 32.0 Å². The number of nitrogens with two attached hydrogens (primary N) is 2. The monoisotopic (exact) mass is 413 g/mol. The first-order valence-electron chi connectivity index (χ1n) is 8.82. The number of pyridine rings is 1. The van der Waals surface area contributed by atoms with E-state index < -0.39 is 0 Å². The van der Waals surface area contributed by atoms with E-state index in [0.717, 1.165) is 11.4 Å². The number of anilines is 3. The van der Waals surface area contributed by atoms with Crippen molar-refractivity contribution in [3.63, 3.8) is 0 Å². The lowest BCUT2D eigenvalue weighted by molar-refractivity contribution is 0.111. The third-order valence-corrected chi connectivity index (χ3v) is 4.14. The van der Waals surface area contributed by atoms with Gasteiger partial charge in [-0.05, 0) is 49.5 Å². The Balaban J connectivity index is 0.00000145. The van der Waals surface area contributed by atoms with Crippen LogP contribution in [0.3, 0.4) is 0 Å². The molecule has 0 bridgehead atoms. The summed E-state index contributed by atoms with van der Waals surface area (Å²) in [4.78, 5) is 16.7. The zero-order valence-electron chi connectivity index (χ0n) is 16.3. The average Bonchev–Trinajstić information content (AvgIpc) is 2.75. The predicted octanol–water partition coefficient (Wildman–Crippen LogP) is 4.00. The molecular weight excluding hydrogens is 390 g/mol. The van der Waals surface area contributed by atoms with E-state index in [1.54, 1.807) is 18.2 Å². The van der Waals surface area contributed by atoms with Gasteiger partial charge in [0.25, 0.3) is 0 Å². The normalized spacial score (nSPS) is 9.79. The summed E-state index contributed by atoms with van der Waals surface area (Å²) >= 11 is 5.89. The minimum atomic E-state index is 0.310. The highest BCUT2D eigenvalue weighted by molar-refractivity contribution is 6.30. The van der Waals surface area contributed by atoms with Crippen LogP contribution in [0.1, 0.15) is 10.5 Å². The smallest absolute Gasteiger partial charge is 0.168 e. The van der Waals surface area contributed by atoms with Gasteiger partial charge in [0.2, 0.25) is 0 Å². The van der Waals surface area contributed by atoms with Crippen LogP contribution in [0.4, 0.5) is 17.1 Å². The maximum absolute atomic E-state index is 10.8. The number of aromatic nitrogens is 1. The number of halogens is 1. The third-order valence-electron chi connectivity index (χ3n) is 3.88. The Labute approximate surface area is 175 Å². The lowest BCUT2D eigenvalue weighted by Crippen LogP contribution is -2.25. The van der Waals surface area contributed by atoms with Crippen LogP contribution in [0.15, 0.2) is 60.8 Å². The van der Waals surface area contributed by atoms with Gasteiger partial charge in [0.05, 0.1) is 18.0 Å². The summed E-state index contributed by atoms with van der Waals surface area (Å²) in [6.07, 6.45) is 2.19. The van der Waals surface area contributed by atoms with Gasteiger partial charge in [-0.1, -0.05) is 11.6 Å². The third kappa shape index (κ3) is 6.38. The second-order valence-electron chi connectivity index (χ2n) is 5.90. The molecule has 0 saturated carbocycles. The molecule has 0 atom stereocenters. The Hall–Kier alpha value is -3.29. The fourth-order valence-electron chi connectivity index (χ4n) is 2.50. The van der Waals surface area contributed by atoms with Crippen molar-refractivity contribution in [3.8, 4) is 11.5 Å². The SMILES string of the molecule is CN.CN(CNc1ccc(Cl)cc1)c1ccc(Oc2ccnc(C=O)c2)cc1N. The summed E-state index contributed by atoms with van der Waals surface area (Å²) in [6, 6.07) is 16.2. The van der Waals surface area contributed by atoms with Crippen molar-refractivity contribution in [3.05, 3.63) is 71.5 Å². The Morgan fingerprint density at radius 2 is 1.79 bits per heavy atom. The number of hydrogen-bond donors (Lipinski definition) is 3. The van der Waals surface area contributed by atoms with Crippen molar-refractivity contribution >= 4 is 34.9 Å². The van der Waals surface area contributed by atoms with Crippen LogP contribution in [-0.2, 0) is 0 Å². The standard InChI is InChI=1S/C20H19ClN4O2.CH5N/c1-25(13-24-15-4-2-14(21)3-5-15)20-7-6-17(11-19(20)22)27-18-8-9-23-16(10-18)12-26;1-2/h2-12,24H,13,22H2,1H3;2H2,1H3. The Morgan fingerprint density at radius 1 is 1.10 bits per heavy atom. The molecule has 152 valence electrons. The van der Waals surface area contributed by atoms with Gasteiger partial charge in [-0.3, -0.25) is 9.78 Å². The molecule has 0 aliphatic carbocycles. The molecule has 0 aliphatic heterocycles. The molecule has 0 saturated heterocycles. The van der Waals surface area contributed by atoms with E-state index in [1.807, 2.05) is 48.3 Å². The fraction of sp³-hybridized carbons (Fsp3) is 0.143. The maximum atomic E-state index is 10.8. The van der Waals surface area contributed by atoms with Gasteiger partial charge >= 0.3 is 0 Å². The minimum absolute atomic E-state index is 0.310. The van der Waals surface area contributed by atoms with Gasteiger partial charge in [0, 0.05) is 36.1 Å². The van der Waals surface area contributed by atoms with Gasteiger partial charge in [-0.25, -0.2) is 0 Å². The van der Waals surface area contributed by atoms with Gasteiger partial charge < -0.3 is 26.4 Å². The quantitative estimate of drug-likeness (QED) is 0.305. The van der Waals surface area contributed by atoms with Crippen LogP contribution in [0.25, 0.3) is 0 Å². The molecule has 0 fully saturated rings. The van der Waals surface area contributed by atoms with E-state index >= 15 is 0 Å². The molecule has 2 aromatic carbocycles. The van der Waals surface area contributed by atoms with E-state index in [9.17, 15) is 4.79 Å². The molecule has 1 heterocycles. The molecule has 5 N–H and O–H groups in total. The largest absolute Gasteiger partial charge is 0.457 e. The topological polar surface area (TPSA) is 106 Å². The molecule has 0 unspecified atom stereocenters. The number of carbonyl (C=O) groups excluding carboxylic acids is 1. The predicted molar refractivity (Wildman–Crippen MR) is 119 cm³/mol. The lowest BCUT2D eigenvalue weighted by atomic mass is 10.2. The van der Waals surface area contributed by atoms with Crippen LogP contribution in [0, 0.1) is 0 Å². The number of nitrogens with zero attached hydrogens (tertiary/aromatic N) is 2. The average molecular weight is 414 g/mol. The zero-order valence-corrected chi connectivity index (χ0v) is 17.1. The fourth-order valence-corrected chi connectivity index (χ4v) is 2.62. The highest BCUT2D eigenvalue weighted by Gasteiger charge is 2.08. The lowest BCUT2D eigenvalue weighted by Gasteiger charge is -2.22. The molecule has 1 aromatic heterocycles. The van der Waals surface area contributed by atoms with E-state index in [1.165, 1.54) is 13.2 Å². The summed E-state index contributed by atoms with van der Waals surface area (Å²) in [6.45, 7) is 0.569. The van der Waals surface area contributed by atoms with E-state index in [4.69, 9.17) is 22.1 Å². The van der Waals surface area contributed by atoms with E-state index in [2.05, 4.69) is 16.0 Å². The van der Waals surface area contributed by atoms with Crippen molar-refractivity contribution in [2.75, 3.05) is 36.7 Å². The molecule has 0 aliphatic rings. The maximum Gasteiger partial charge on any atom is 0.168 e. The van der Waals surface area contributed by atoms with Gasteiger partial charge in [-0.2, -0.15) is 0 Å². The zero-order chi connectivity index (χ0) is 21.2. The van der Waals surface area contributed by atoms with Gasteiger partial charge in [0.15, 0.2) is 6.29 Å². The number of benzene rings is 2. The number of nitrogens with one attached hydrogen (secondary N) is 1. The summed E-state index contributed by atoms with van der Waals surface area (Å²) in [5, 5.41) is 4.00. The molecule has 0 spiro atoms. The number of hydrogen-bond acceptors (Lipinski definition) is 7. The molecule has 3 aromatic rings. The van der Waals surface area contributed by atoms with Gasteiger partial charge in [-0.15, -0.1) is 0 Å². The summed E-state index contributed by atoms with van der Waals surface area (Å²) < 4.78 is 5.75. The highest BCUT2D eigenvalue weighted by Crippen LogP contribution is 2.30. The number of nitrogen functional groups attached to an aromatic ring is 1. The van der Waals surface area contributed by atoms with Crippen molar-refractivity contribution in [1.29, 1.82) is 0 Å². The van der Waals surface area contributed by atoms with Gasteiger partial charge in [0.1, 0.15) is 17.2 Å². The molecule has 0 amide bonds. The minimum Gasteiger partial charge on any atom is -0.457 e. The second-order valence-corrected chi connectivity index (χ2v) is 6.33.